The largest absolute Gasteiger partial charge is 0.478 e. The number of anilines is 1. The van der Waals surface area contributed by atoms with E-state index in [1.54, 1.807) is 0 Å². The highest BCUT2D eigenvalue weighted by molar-refractivity contribution is 5.93. The van der Waals surface area contributed by atoms with Gasteiger partial charge in [0.05, 0.1) is 24.9 Å². The number of morpholine rings is 1. The maximum absolute atomic E-state index is 11.1. The van der Waals surface area contributed by atoms with Gasteiger partial charge in [0.15, 0.2) is 5.82 Å². The molecule has 0 atom stereocenters. The van der Waals surface area contributed by atoms with Crippen molar-refractivity contribution in [2.24, 2.45) is 0 Å². The molecule has 0 amide bonds. The van der Waals surface area contributed by atoms with Crippen LogP contribution in [-0.2, 0) is 4.74 Å². The van der Waals surface area contributed by atoms with Crippen molar-refractivity contribution in [2.45, 2.75) is 19.4 Å². The van der Waals surface area contributed by atoms with Crippen LogP contribution in [-0.4, -0.2) is 46.6 Å². The fourth-order valence-corrected chi connectivity index (χ4v) is 1.94. The quantitative estimate of drug-likeness (QED) is 0.819. The fraction of sp³-hybridized carbons (Fsp3) is 0.545. The Morgan fingerprint density at radius 2 is 2.35 bits per heavy atom. The first-order valence-electron chi connectivity index (χ1n) is 5.43. The monoisotopic (exact) mass is 237 g/mol. The van der Waals surface area contributed by atoms with Crippen molar-refractivity contribution in [1.82, 2.24) is 10.2 Å². The average molecular weight is 237 g/mol. The van der Waals surface area contributed by atoms with Gasteiger partial charge in [-0.15, -0.1) is 5.10 Å². The average Bonchev–Trinajstić information content (AvgIpc) is 2.28. The summed E-state index contributed by atoms with van der Waals surface area (Å²) in [6.07, 6.45) is 1.39. The molecule has 0 unspecified atom stereocenters. The maximum Gasteiger partial charge on any atom is 0.339 e. The van der Waals surface area contributed by atoms with Crippen molar-refractivity contribution < 1.29 is 14.6 Å². The zero-order valence-corrected chi connectivity index (χ0v) is 9.88. The molecule has 1 N–H and O–H groups in total. The maximum atomic E-state index is 11.1. The van der Waals surface area contributed by atoms with E-state index >= 15 is 0 Å². The Kier molecular flexibility index (Phi) is 2.97. The summed E-state index contributed by atoms with van der Waals surface area (Å²) in [6.45, 7) is 5.71. The predicted octanol–water partition coefficient (Wildman–Crippen LogP) is 0.790. The van der Waals surface area contributed by atoms with Gasteiger partial charge in [0.2, 0.25) is 0 Å². The topological polar surface area (TPSA) is 75.5 Å². The number of rotatable bonds is 2. The van der Waals surface area contributed by atoms with E-state index in [2.05, 4.69) is 10.2 Å². The minimum atomic E-state index is -0.989. The van der Waals surface area contributed by atoms with Crippen molar-refractivity contribution in [3.05, 3.63) is 17.8 Å². The van der Waals surface area contributed by atoms with Gasteiger partial charge in [0.25, 0.3) is 0 Å². The van der Waals surface area contributed by atoms with Gasteiger partial charge in [-0.3, -0.25) is 0 Å². The summed E-state index contributed by atoms with van der Waals surface area (Å²) in [6, 6.07) is 1.47. The molecule has 6 heteroatoms. The van der Waals surface area contributed by atoms with Gasteiger partial charge in [-0.2, -0.15) is 5.10 Å². The van der Waals surface area contributed by atoms with Crippen molar-refractivity contribution in [1.29, 1.82) is 0 Å². The van der Waals surface area contributed by atoms with E-state index in [1.807, 2.05) is 18.7 Å². The van der Waals surface area contributed by atoms with E-state index < -0.39 is 5.97 Å². The molecule has 17 heavy (non-hydrogen) atoms. The van der Waals surface area contributed by atoms with Crippen LogP contribution < -0.4 is 4.90 Å². The molecule has 1 aliphatic heterocycles. The third kappa shape index (κ3) is 2.21. The van der Waals surface area contributed by atoms with Gasteiger partial charge in [-0.25, -0.2) is 4.79 Å². The predicted molar refractivity (Wildman–Crippen MR) is 61.2 cm³/mol. The van der Waals surface area contributed by atoms with E-state index in [-0.39, 0.29) is 11.1 Å². The number of ether oxygens (including phenoxy) is 1. The van der Waals surface area contributed by atoms with Crippen LogP contribution >= 0.6 is 0 Å². The van der Waals surface area contributed by atoms with Crippen LogP contribution in [0.3, 0.4) is 0 Å². The highest BCUT2D eigenvalue weighted by atomic mass is 16.5. The summed E-state index contributed by atoms with van der Waals surface area (Å²) in [5.41, 5.74) is -0.103. The van der Waals surface area contributed by atoms with Gasteiger partial charge >= 0.3 is 5.97 Å². The standard InChI is InChI=1S/C11H15N3O3/c1-11(2)7-17-6-5-14(11)9-8(10(15)16)3-4-12-13-9/h3-4H,5-7H2,1-2H3,(H,15,16). The van der Waals surface area contributed by atoms with Gasteiger partial charge in [-0.1, -0.05) is 0 Å². The molecule has 1 aliphatic rings. The molecule has 1 aromatic rings. The Morgan fingerprint density at radius 1 is 1.59 bits per heavy atom. The van der Waals surface area contributed by atoms with Gasteiger partial charge < -0.3 is 14.7 Å². The van der Waals surface area contributed by atoms with Crippen molar-refractivity contribution >= 4 is 11.8 Å². The van der Waals surface area contributed by atoms with Crippen molar-refractivity contribution in [3.63, 3.8) is 0 Å². The molecule has 0 bridgehead atoms. The lowest BCUT2D eigenvalue weighted by Gasteiger charge is -2.43. The molecule has 0 aliphatic carbocycles. The molecular formula is C11H15N3O3. The first-order chi connectivity index (χ1) is 8.02. The third-order valence-corrected chi connectivity index (χ3v) is 2.83. The minimum Gasteiger partial charge on any atom is -0.478 e. The van der Waals surface area contributed by atoms with Crippen molar-refractivity contribution in [2.75, 3.05) is 24.7 Å². The molecule has 0 radical (unpaired) electrons. The molecule has 0 aromatic carbocycles. The number of hydrogen-bond donors (Lipinski definition) is 1. The number of aromatic nitrogens is 2. The molecule has 2 heterocycles. The van der Waals surface area contributed by atoms with Crippen LogP contribution in [0.25, 0.3) is 0 Å². The molecule has 1 fully saturated rings. The van der Waals surface area contributed by atoms with Crippen LogP contribution in [0.2, 0.25) is 0 Å². The van der Waals surface area contributed by atoms with Crippen molar-refractivity contribution in [3.8, 4) is 0 Å². The first-order valence-corrected chi connectivity index (χ1v) is 5.43. The van der Waals surface area contributed by atoms with E-state index in [4.69, 9.17) is 9.84 Å². The number of carboxylic acids is 1. The Hall–Kier alpha value is -1.69. The molecule has 6 nitrogen and oxygen atoms in total. The molecule has 1 aromatic heterocycles. The van der Waals surface area contributed by atoms with Crippen LogP contribution in [0.1, 0.15) is 24.2 Å². The number of carbonyl (C=O) groups is 1. The van der Waals surface area contributed by atoms with Crippen LogP contribution in [0.4, 0.5) is 5.82 Å². The number of aromatic carboxylic acids is 1. The highest BCUT2D eigenvalue weighted by Crippen LogP contribution is 2.27. The molecule has 0 saturated carbocycles. The zero-order chi connectivity index (χ0) is 12.5. The van der Waals surface area contributed by atoms with Crippen LogP contribution in [0.15, 0.2) is 12.3 Å². The highest BCUT2D eigenvalue weighted by Gasteiger charge is 2.34. The molecular weight excluding hydrogens is 222 g/mol. The number of nitrogens with zero attached hydrogens (tertiary/aromatic N) is 3. The lowest BCUT2D eigenvalue weighted by atomic mass is 10.0. The van der Waals surface area contributed by atoms with Gasteiger partial charge in [0, 0.05) is 6.54 Å². The van der Waals surface area contributed by atoms with E-state index in [0.717, 1.165) is 0 Å². The van der Waals surface area contributed by atoms with Gasteiger partial charge in [0.1, 0.15) is 5.56 Å². The number of carboxylic acid groups (broad SMARTS) is 1. The minimum absolute atomic E-state index is 0.176. The molecule has 0 spiro atoms. The normalized spacial score (nSPS) is 19.1. The van der Waals surface area contributed by atoms with E-state index in [9.17, 15) is 4.79 Å². The summed E-state index contributed by atoms with van der Waals surface area (Å²) in [5, 5.41) is 16.9. The lowest BCUT2D eigenvalue weighted by Crippen LogP contribution is -2.54. The SMILES string of the molecule is CC1(C)COCCN1c1nnccc1C(=O)O. The Morgan fingerprint density at radius 3 is 3.00 bits per heavy atom. The molecule has 1 saturated heterocycles. The summed E-state index contributed by atoms with van der Waals surface area (Å²) in [7, 11) is 0. The summed E-state index contributed by atoms with van der Waals surface area (Å²) < 4.78 is 5.40. The third-order valence-electron chi connectivity index (χ3n) is 2.83. The van der Waals surface area contributed by atoms with Crippen LogP contribution in [0.5, 0.6) is 0 Å². The summed E-state index contributed by atoms with van der Waals surface area (Å²) in [4.78, 5) is 13.1. The second-order valence-corrected chi connectivity index (χ2v) is 4.59. The second-order valence-electron chi connectivity index (χ2n) is 4.59. The second kappa shape index (κ2) is 4.29. The first kappa shape index (κ1) is 11.8. The number of hydrogen-bond acceptors (Lipinski definition) is 5. The Bertz CT molecular complexity index is 434. The summed E-state index contributed by atoms with van der Waals surface area (Å²) >= 11 is 0. The zero-order valence-electron chi connectivity index (χ0n) is 9.88. The van der Waals surface area contributed by atoms with E-state index in [0.29, 0.717) is 25.6 Å². The molecule has 92 valence electrons. The Balaban J connectivity index is 2.42. The lowest BCUT2D eigenvalue weighted by molar-refractivity contribution is 0.0623. The molecule has 2 rings (SSSR count). The smallest absolute Gasteiger partial charge is 0.339 e. The summed E-state index contributed by atoms with van der Waals surface area (Å²) in [5.74, 6) is -0.578. The Labute approximate surface area is 99.2 Å². The van der Waals surface area contributed by atoms with Gasteiger partial charge in [-0.05, 0) is 19.9 Å². The fourth-order valence-electron chi connectivity index (χ4n) is 1.94. The van der Waals surface area contributed by atoms with E-state index in [1.165, 1.54) is 12.3 Å². The van der Waals surface area contributed by atoms with Crippen LogP contribution in [0, 0.1) is 0 Å².